The van der Waals surface area contributed by atoms with Gasteiger partial charge in [0.15, 0.2) is 0 Å². The van der Waals surface area contributed by atoms with Gasteiger partial charge in [0.1, 0.15) is 5.75 Å². The molecule has 0 saturated carbocycles. The second-order valence-electron chi connectivity index (χ2n) is 7.89. The van der Waals surface area contributed by atoms with Gasteiger partial charge in [0.2, 0.25) is 0 Å². The highest BCUT2D eigenvalue weighted by atomic mass is 16.5. The summed E-state index contributed by atoms with van der Waals surface area (Å²) in [5.74, 6) is 0.657. The van der Waals surface area contributed by atoms with E-state index in [0.717, 1.165) is 39.3 Å². The van der Waals surface area contributed by atoms with Crippen LogP contribution in [-0.2, 0) is 6.54 Å². The average molecular weight is 423 g/mol. The molecule has 1 amide bonds. The maximum absolute atomic E-state index is 13.1. The molecule has 0 aliphatic carbocycles. The Balaban J connectivity index is 1.69. The van der Waals surface area contributed by atoms with E-state index in [1.54, 1.807) is 13.3 Å². The molecule has 0 fully saturated rings. The van der Waals surface area contributed by atoms with Crippen molar-refractivity contribution in [2.75, 3.05) is 7.11 Å². The number of hydrogen-bond donors (Lipinski definition) is 1. The van der Waals surface area contributed by atoms with Gasteiger partial charge < -0.3 is 10.1 Å². The van der Waals surface area contributed by atoms with Crippen LogP contribution in [0.5, 0.6) is 5.75 Å². The lowest BCUT2D eigenvalue weighted by atomic mass is 9.95. The van der Waals surface area contributed by atoms with Gasteiger partial charge in [-0.1, -0.05) is 48.0 Å². The van der Waals surface area contributed by atoms with Crippen LogP contribution in [0.2, 0.25) is 0 Å². The minimum atomic E-state index is -0.122. The summed E-state index contributed by atoms with van der Waals surface area (Å²) in [5, 5.41) is 3.02. The van der Waals surface area contributed by atoms with Crippen molar-refractivity contribution in [1.29, 1.82) is 0 Å². The predicted octanol–water partition coefficient (Wildman–Crippen LogP) is 5.97. The molecule has 0 bridgehead atoms. The number of amides is 1. The van der Waals surface area contributed by atoms with E-state index in [1.807, 2.05) is 55.5 Å². The molecule has 1 heterocycles. The number of aromatic nitrogens is 1. The highest BCUT2D eigenvalue weighted by Crippen LogP contribution is 2.30. The first kappa shape index (κ1) is 21.3. The smallest absolute Gasteiger partial charge is 0.251 e. The summed E-state index contributed by atoms with van der Waals surface area (Å²) < 4.78 is 5.39. The third kappa shape index (κ3) is 5.03. The van der Waals surface area contributed by atoms with E-state index in [2.05, 4.69) is 47.6 Å². The second-order valence-corrected chi connectivity index (χ2v) is 7.89. The van der Waals surface area contributed by atoms with Crippen LogP contribution in [0.1, 0.15) is 27.2 Å². The zero-order valence-electron chi connectivity index (χ0n) is 18.6. The Labute approximate surface area is 188 Å². The van der Waals surface area contributed by atoms with Crippen molar-refractivity contribution in [1.82, 2.24) is 10.3 Å². The molecule has 0 atom stereocenters. The van der Waals surface area contributed by atoms with E-state index in [-0.39, 0.29) is 5.91 Å². The lowest BCUT2D eigenvalue weighted by molar-refractivity contribution is 0.0951. The number of rotatable bonds is 6. The Bertz CT molecular complexity index is 1230. The van der Waals surface area contributed by atoms with Crippen molar-refractivity contribution < 1.29 is 9.53 Å². The fourth-order valence-corrected chi connectivity index (χ4v) is 3.53. The van der Waals surface area contributed by atoms with Gasteiger partial charge in [-0.2, -0.15) is 0 Å². The molecule has 4 rings (SSSR count). The Morgan fingerprint density at radius 2 is 1.59 bits per heavy atom. The number of benzene rings is 3. The minimum Gasteiger partial charge on any atom is -0.497 e. The van der Waals surface area contributed by atoms with E-state index < -0.39 is 0 Å². The number of nitrogens with one attached hydrogen (secondary N) is 1. The maximum atomic E-state index is 13.1. The molecule has 0 saturated heterocycles. The first-order chi connectivity index (χ1) is 15.5. The first-order valence-electron chi connectivity index (χ1n) is 10.6. The third-order valence-electron chi connectivity index (χ3n) is 5.41. The zero-order chi connectivity index (χ0) is 22.5. The summed E-state index contributed by atoms with van der Waals surface area (Å²) in [5.41, 5.74) is 7.74. The van der Waals surface area contributed by atoms with E-state index in [4.69, 9.17) is 4.74 Å². The quantitative estimate of drug-likeness (QED) is 0.416. The van der Waals surface area contributed by atoms with Crippen LogP contribution < -0.4 is 10.1 Å². The second kappa shape index (κ2) is 9.48. The lowest BCUT2D eigenvalue weighted by Gasteiger charge is -2.12. The van der Waals surface area contributed by atoms with Gasteiger partial charge in [-0.3, -0.25) is 9.78 Å². The van der Waals surface area contributed by atoms with Gasteiger partial charge in [-0.15, -0.1) is 0 Å². The van der Waals surface area contributed by atoms with Crippen molar-refractivity contribution in [3.63, 3.8) is 0 Å². The molecule has 0 aliphatic rings. The number of carbonyl (C=O) groups is 1. The number of pyridine rings is 1. The molecule has 3 aromatic carbocycles. The molecule has 1 N–H and O–H groups in total. The van der Waals surface area contributed by atoms with E-state index in [0.29, 0.717) is 12.1 Å². The zero-order valence-corrected chi connectivity index (χ0v) is 18.6. The number of nitrogens with zero attached hydrogens (tertiary/aromatic N) is 1. The average Bonchev–Trinajstić information content (AvgIpc) is 2.83. The normalized spacial score (nSPS) is 10.6. The van der Waals surface area contributed by atoms with Crippen LogP contribution in [0.3, 0.4) is 0 Å². The van der Waals surface area contributed by atoms with Crippen molar-refractivity contribution in [2.24, 2.45) is 0 Å². The predicted molar refractivity (Wildman–Crippen MR) is 129 cm³/mol. The molecule has 1 aromatic heterocycles. The van der Waals surface area contributed by atoms with E-state index in [1.165, 1.54) is 5.56 Å². The molecule has 4 nitrogen and oxygen atoms in total. The monoisotopic (exact) mass is 422 g/mol. The van der Waals surface area contributed by atoms with Crippen LogP contribution in [-0.4, -0.2) is 18.0 Å². The number of aryl methyl sites for hydroxylation is 2. The SMILES string of the molecule is COc1cccc(-c2cc(C(=O)NCc3ccc(C)nc3)cc(-c3ccc(C)cc3)c2)c1. The highest BCUT2D eigenvalue weighted by Gasteiger charge is 2.12. The standard InChI is InChI=1S/C28H26N2O2/c1-19-7-11-22(12-8-19)24-13-25(23-5-4-6-27(16-23)32-3)15-26(14-24)28(31)30-18-21-10-9-20(2)29-17-21/h4-17H,18H2,1-3H3,(H,30,31). The highest BCUT2D eigenvalue weighted by molar-refractivity contribution is 5.97. The summed E-state index contributed by atoms with van der Waals surface area (Å²) in [6, 6.07) is 26.1. The summed E-state index contributed by atoms with van der Waals surface area (Å²) in [4.78, 5) is 17.4. The Morgan fingerprint density at radius 1 is 0.844 bits per heavy atom. The van der Waals surface area contributed by atoms with Crippen LogP contribution >= 0.6 is 0 Å². The number of methoxy groups -OCH3 is 1. The Hall–Kier alpha value is -3.92. The van der Waals surface area contributed by atoms with Gasteiger partial charge in [-0.05, 0) is 78.1 Å². The fraction of sp³-hybridized carbons (Fsp3) is 0.143. The molecule has 4 heteroatoms. The molecular formula is C28H26N2O2. The summed E-state index contributed by atoms with van der Waals surface area (Å²) in [6.45, 7) is 4.43. The number of ether oxygens (including phenoxy) is 1. The van der Waals surface area contributed by atoms with Crippen molar-refractivity contribution in [3.05, 3.63) is 107 Å². The third-order valence-corrected chi connectivity index (χ3v) is 5.41. The van der Waals surface area contributed by atoms with Crippen molar-refractivity contribution >= 4 is 5.91 Å². The lowest BCUT2D eigenvalue weighted by Crippen LogP contribution is -2.23. The van der Waals surface area contributed by atoms with E-state index >= 15 is 0 Å². The van der Waals surface area contributed by atoms with Crippen molar-refractivity contribution in [2.45, 2.75) is 20.4 Å². The topological polar surface area (TPSA) is 51.2 Å². The van der Waals surface area contributed by atoms with Crippen LogP contribution in [0.25, 0.3) is 22.3 Å². The fourth-order valence-electron chi connectivity index (χ4n) is 3.53. The number of carbonyl (C=O) groups excluding carboxylic acids is 1. The molecule has 0 spiro atoms. The van der Waals surface area contributed by atoms with Crippen molar-refractivity contribution in [3.8, 4) is 28.0 Å². The molecule has 4 aromatic rings. The van der Waals surface area contributed by atoms with Crippen LogP contribution in [0, 0.1) is 13.8 Å². The van der Waals surface area contributed by atoms with Gasteiger partial charge in [-0.25, -0.2) is 0 Å². The summed E-state index contributed by atoms with van der Waals surface area (Å²) >= 11 is 0. The summed E-state index contributed by atoms with van der Waals surface area (Å²) in [6.07, 6.45) is 1.79. The van der Waals surface area contributed by atoms with Crippen LogP contribution in [0.15, 0.2) is 85.1 Å². The molecule has 0 aliphatic heterocycles. The maximum Gasteiger partial charge on any atom is 0.251 e. The minimum absolute atomic E-state index is 0.122. The van der Waals surface area contributed by atoms with E-state index in [9.17, 15) is 4.79 Å². The van der Waals surface area contributed by atoms with Crippen LogP contribution in [0.4, 0.5) is 0 Å². The van der Waals surface area contributed by atoms with Gasteiger partial charge in [0, 0.05) is 24.0 Å². The van der Waals surface area contributed by atoms with Gasteiger partial charge >= 0.3 is 0 Å². The summed E-state index contributed by atoms with van der Waals surface area (Å²) in [7, 11) is 1.65. The Morgan fingerprint density at radius 3 is 2.28 bits per heavy atom. The molecular weight excluding hydrogens is 396 g/mol. The molecule has 32 heavy (non-hydrogen) atoms. The number of hydrogen-bond acceptors (Lipinski definition) is 3. The Kier molecular flexibility index (Phi) is 6.31. The van der Waals surface area contributed by atoms with Gasteiger partial charge in [0.05, 0.1) is 7.11 Å². The van der Waals surface area contributed by atoms with Gasteiger partial charge in [0.25, 0.3) is 5.91 Å². The first-order valence-corrected chi connectivity index (χ1v) is 10.6. The molecule has 0 radical (unpaired) electrons. The largest absolute Gasteiger partial charge is 0.497 e. The molecule has 0 unspecified atom stereocenters. The molecule has 160 valence electrons.